The zero-order valence-electron chi connectivity index (χ0n) is 3.55. The van der Waals surface area contributed by atoms with Crippen molar-refractivity contribution in [3.05, 3.63) is 0 Å². The Morgan fingerprint density at radius 1 is 1.43 bits per heavy atom. The van der Waals surface area contributed by atoms with E-state index in [2.05, 4.69) is 0 Å². The van der Waals surface area contributed by atoms with Gasteiger partial charge in [-0.05, 0) is 0 Å². The van der Waals surface area contributed by atoms with E-state index < -0.39 is 7.91 Å². The molecule has 0 aliphatic carbocycles. The third-order valence-corrected chi connectivity index (χ3v) is 0. The topological polar surface area (TPSA) is 63.2 Å². The number of hydrogen-bond donors (Lipinski definition) is 0. The average molecular weight is 469 g/mol. The number of halogens is 1. The van der Waals surface area contributed by atoms with Crippen molar-refractivity contribution in [2.45, 2.75) is 0 Å². The second kappa shape index (κ2) is 7.29. The van der Waals surface area contributed by atoms with Crippen LogP contribution in [0.3, 0.4) is 0 Å². The van der Waals surface area contributed by atoms with Gasteiger partial charge in [-0.1, -0.05) is 0 Å². The van der Waals surface area contributed by atoms with E-state index in [1.165, 1.54) is 0 Å². The van der Waals surface area contributed by atoms with Crippen LogP contribution < -0.4 is 78.7 Å². The van der Waals surface area contributed by atoms with Gasteiger partial charge in [0, 0.05) is 31.1 Å². The van der Waals surface area contributed by atoms with Crippen molar-refractivity contribution in [3.8, 4) is 0 Å². The molecule has 0 amide bonds. The molecule has 7 heavy (non-hydrogen) atoms. The first kappa shape index (κ1) is 16.6. The first-order valence-electron chi connectivity index (χ1n) is 0.717. The molecule has 0 saturated heterocycles. The molecule has 0 fully saturated rings. The summed E-state index contributed by atoms with van der Waals surface area (Å²) >= 11 is 0. The van der Waals surface area contributed by atoms with E-state index in [0.29, 0.717) is 0 Å². The van der Waals surface area contributed by atoms with Crippen LogP contribution in [0.2, 0.25) is 0 Å². The van der Waals surface area contributed by atoms with Gasteiger partial charge in [-0.15, -0.1) is 0 Å². The Morgan fingerprint density at radius 2 is 1.43 bits per heavy atom. The van der Waals surface area contributed by atoms with Gasteiger partial charge in [0.2, 0.25) is 0 Å². The molecule has 0 bridgehead atoms. The maximum absolute atomic E-state index is 10.1. The third kappa shape index (κ3) is 46.8. The van der Waals surface area contributed by atoms with Gasteiger partial charge in [-0.2, -0.15) is 0 Å². The minimum Gasteiger partial charge on any atom is -0.786 e. The van der Waals surface area contributed by atoms with Crippen LogP contribution in [-0.4, -0.2) is 0 Å². The molecule has 0 rings (SSSR count). The van der Waals surface area contributed by atoms with Gasteiger partial charge in [0.25, 0.3) is 0 Å². The van der Waals surface area contributed by atoms with Crippen LogP contribution in [0.4, 0.5) is 4.20 Å². The fraction of sp³-hybridized carbons (Fsp3) is 0. The summed E-state index contributed by atoms with van der Waals surface area (Å²) in [5.41, 5.74) is 0. The molecule has 0 aliphatic heterocycles. The summed E-state index contributed by atoms with van der Waals surface area (Å²) in [6.45, 7) is 0. The molecule has 3 nitrogen and oxygen atoms in total. The van der Waals surface area contributed by atoms with E-state index in [1.54, 1.807) is 0 Å². The molecule has 0 atom stereocenters. The predicted molar refractivity (Wildman–Crippen MR) is 8.71 cm³/mol. The van der Waals surface area contributed by atoms with Crippen molar-refractivity contribution in [3.63, 3.8) is 0 Å². The largest absolute Gasteiger partial charge is 1.00 e. The van der Waals surface area contributed by atoms with Gasteiger partial charge in [0.1, 0.15) is 7.91 Å². The summed E-state index contributed by atoms with van der Waals surface area (Å²) in [4.78, 5) is 16.9. The molecule has 0 radical (unpaired) electrons. The van der Waals surface area contributed by atoms with Gasteiger partial charge < -0.3 is 14.4 Å². The van der Waals surface area contributed by atoms with E-state index in [0.717, 1.165) is 0 Å². The molecule has 0 aromatic heterocycles. The summed E-state index contributed by atoms with van der Waals surface area (Å²) in [5.74, 6) is 0. The Morgan fingerprint density at radius 3 is 1.43 bits per heavy atom. The third-order valence-electron chi connectivity index (χ3n) is 0. The minimum atomic E-state index is -5.64. The van der Waals surface area contributed by atoms with Crippen LogP contribution in [0, 0.1) is 31.1 Å². The van der Waals surface area contributed by atoms with Crippen LogP contribution in [-0.2, 0) is 4.57 Å². The van der Waals surface area contributed by atoms with Crippen LogP contribution in [0.5, 0.6) is 0 Å². The van der Waals surface area contributed by atoms with E-state index >= 15 is 0 Å². The fourth-order valence-corrected chi connectivity index (χ4v) is 0. The molecule has 0 aliphatic rings. The Balaban J connectivity index is -0.0000000800. The van der Waals surface area contributed by atoms with Crippen LogP contribution in [0.15, 0.2) is 0 Å². The van der Waals surface area contributed by atoms with Gasteiger partial charge in [0.05, 0.1) is 0 Å². The summed E-state index contributed by atoms with van der Waals surface area (Å²) in [6.07, 6.45) is 0. The maximum Gasteiger partial charge on any atom is 1.00 e. The fourth-order valence-electron chi connectivity index (χ4n) is 0. The van der Waals surface area contributed by atoms with Crippen molar-refractivity contribution < 1.29 is 119 Å². The Hall–Kier alpha value is 3.18. The van der Waals surface area contributed by atoms with E-state index in [9.17, 15) is 4.20 Å². The Kier molecular flexibility index (Phi) is 17.3. The first-order valence-corrected chi connectivity index (χ1v) is 2.15. The molecule has 0 heterocycles. The molecule has 0 aromatic carbocycles. The average Bonchev–Trinajstić information content (AvgIpc) is 0.722. The minimum absolute atomic E-state index is 0. The summed E-state index contributed by atoms with van der Waals surface area (Å²) in [7, 11) is -5.64. The second-order valence-corrected chi connectivity index (χ2v) is 1.29. The van der Waals surface area contributed by atoms with E-state index in [-0.39, 0.29) is 100 Å². The van der Waals surface area contributed by atoms with E-state index in [4.69, 9.17) is 14.4 Å². The smallest absolute Gasteiger partial charge is 0.786 e. The van der Waals surface area contributed by atoms with Gasteiger partial charge in [-0.3, -0.25) is 0 Å². The Bertz CT molecular complexity index is 61.1. The first-order chi connectivity index (χ1) is 2.00. The van der Waals surface area contributed by atoms with E-state index in [1.807, 2.05) is 0 Å². The van der Waals surface area contributed by atoms with Gasteiger partial charge in [-0.25, -0.2) is 4.20 Å². The van der Waals surface area contributed by atoms with Gasteiger partial charge >= 0.3 is 68.9 Å². The normalized spacial score (nSPS) is 8.43. The molecule has 0 aromatic rings. The number of rotatable bonds is 0. The second-order valence-electron chi connectivity index (χ2n) is 0.431. The van der Waals surface area contributed by atoms with Crippen molar-refractivity contribution >= 4 is 7.91 Å². The molecule has 0 spiro atoms. The zero-order valence-corrected chi connectivity index (χ0v) is 14.9. The summed E-state index contributed by atoms with van der Waals surface area (Å²) in [6, 6.07) is 0. The molecular weight excluding hydrogens is 469 g/mol. The zero-order chi connectivity index (χ0) is 4.50. The molecule has 0 unspecified atom stereocenters. The Labute approximate surface area is 123 Å². The predicted octanol–water partition coefficient (Wildman–Crippen LogP) is -4.21. The van der Waals surface area contributed by atoms with Crippen LogP contribution in [0.1, 0.15) is 0 Å². The van der Waals surface area contributed by atoms with Crippen molar-refractivity contribution in [2.75, 3.05) is 0 Å². The van der Waals surface area contributed by atoms with Crippen molar-refractivity contribution in [2.24, 2.45) is 0 Å². The molecule has 36 valence electrons. The summed E-state index contributed by atoms with van der Waals surface area (Å²) in [5, 5.41) is 0. The monoisotopic (exact) mass is 469 g/mol. The van der Waals surface area contributed by atoms with Gasteiger partial charge in [0.15, 0.2) is 0 Å². The molecule has 0 saturated carbocycles. The number of hydrogen-bond acceptors (Lipinski definition) is 3. The molecule has 0 N–H and O–H groups in total. The quantitative estimate of drug-likeness (QED) is 0.339. The van der Waals surface area contributed by atoms with Crippen LogP contribution in [0.25, 0.3) is 0 Å². The SMILES string of the molecule is O=P([O-])([O-])F.[Cs+].[U]. The molecule has 7 heteroatoms. The summed E-state index contributed by atoms with van der Waals surface area (Å²) < 4.78 is 18.6. The van der Waals surface area contributed by atoms with Crippen LogP contribution >= 0.6 is 7.91 Å². The maximum atomic E-state index is 10.1. The van der Waals surface area contributed by atoms with Crippen molar-refractivity contribution in [1.82, 2.24) is 0 Å². The molecular formula is CsFO3PU-. The standard InChI is InChI=1S/Cs.FH2O3P.U/c;1-5(2,3)4;/h;(H2,2,3,4);/q+1;;/p-2. The van der Waals surface area contributed by atoms with Crippen molar-refractivity contribution in [1.29, 1.82) is 0 Å².